The zero-order valence-corrected chi connectivity index (χ0v) is 13.2. The number of amides is 2. The van der Waals surface area contributed by atoms with Gasteiger partial charge in [0.1, 0.15) is 11.3 Å². The minimum atomic E-state index is -0.264. The molecule has 0 spiro atoms. The van der Waals surface area contributed by atoms with Crippen LogP contribution in [0.3, 0.4) is 0 Å². The van der Waals surface area contributed by atoms with Gasteiger partial charge in [-0.25, -0.2) is 4.79 Å². The van der Waals surface area contributed by atoms with E-state index in [2.05, 4.69) is 5.32 Å². The van der Waals surface area contributed by atoms with Gasteiger partial charge in [0.2, 0.25) is 0 Å². The number of morpholine rings is 1. The van der Waals surface area contributed by atoms with Gasteiger partial charge < -0.3 is 24.5 Å². The monoisotopic (exact) mass is 318 g/mol. The van der Waals surface area contributed by atoms with Crippen LogP contribution in [0.1, 0.15) is 11.3 Å². The fourth-order valence-corrected chi connectivity index (χ4v) is 3.00. The topological polar surface area (TPSA) is 74.9 Å². The summed E-state index contributed by atoms with van der Waals surface area (Å²) in [5.74, 6) is 0.889. The van der Waals surface area contributed by atoms with E-state index in [9.17, 15) is 9.90 Å². The van der Waals surface area contributed by atoms with E-state index < -0.39 is 0 Å². The molecule has 3 rings (SSSR count). The van der Waals surface area contributed by atoms with Crippen LogP contribution in [0.5, 0.6) is 0 Å². The number of para-hydroxylation sites is 1. The third-order valence-corrected chi connectivity index (χ3v) is 4.25. The summed E-state index contributed by atoms with van der Waals surface area (Å²) in [6.45, 7) is 3.79. The first-order chi connectivity index (χ1) is 11.2. The number of rotatable bonds is 4. The summed E-state index contributed by atoms with van der Waals surface area (Å²) < 4.78 is 11.0. The van der Waals surface area contributed by atoms with Crippen LogP contribution in [0.15, 0.2) is 28.7 Å². The fourth-order valence-electron chi connectivity index (χ4n) is 3.00. The lowest BCUT2D eigenvalue weighted by atomic mass is 10.1. The number of fused-ring (bicyclic) bond motifs is 1. The van der Waals surface area contributed by atoms with Crippen molar-refractivity contribution in [3.63, 3.8) is 0 Å². The Kier molecular flexibility index (Phi) is 4.83. The standard InChI is InChI=1S/C17H22N2O4/c1-12-14(15-4-2-3-5-16(15)23-12)6-7-18-17(21)19-8-9-22-11-13(19)10-20/h2-5,13,20H,6-11H2,1H3,(H,18,21)/t13-/m1/s1. The molecule has 2 aromatic rings. The van der Waals surface area contributed by atoms with E-state index in [1.807, 2.05) is 31.2 Å². The number of aryl methyl sites for hydroxylation is 1. The van der Waals surface area contributed by atoms with Crippen LogP contribution in [-0.2, 0) is 11.2 Å². The maximum absolute atomic E-state index is 12.3. The molecule has 0 aliphatic carbocycles. The van der Waals surface area contributed by atoms with Crippen molar-refractivity contribution in [1.82, 2.24) is 10.2 Å². The molecule has 1 aromatic carbocycles. The van der Waals surface area contributed by atoms with Gasteiger partial charge in [-0.05, 0) is 19.4 Å². The largest absolute Gasteiger partial charge is 0.461 e. The van der Waals surface area contributed by atoms with Gasteiger partial charge in [-0.1, -0.05) is 18.2 Å². The molecule has 6 heteroatoms. The molecular formula is C17H22N2O4. The normalized spacial score (nSPS) is 18.3. The van der Waals surface area contributed by atoms with Crippen molar-refractivity contribution in [1.29, 1.82) is 0 Å². The molecule has 6 nitrogen and oxygen atoms in total. The molecule has 2 amide bonds. The summed E-state index contributed by atoms with van der Waals surface area (Å²) in [7, 11) is 0. The predicted octanol–water partition coefficient (Wildman–Crippen LogP) is 1.69. The third-order valence-electron chi connectivity index (χ3n) is 4.25. The molecule has 1 atom stereocenters. The van der Waals surface area contributed by atoms with E-state index in [-0.39, 0.29) is 18.7 Å². The van der Waals surface area contributed by atoms with E-state index in [0.717, 1.165) is 22.3 Å². The van der Waals surface area contributed by atoms with E-state index in [1.165, 1.54) is 0 Å². The van der Waals surface area contributed by atoms with Crippen LogP contribution < -0.4 is 5.32 Å². The molecule has 2 heterocycles. The van der Waals surface area contributed by atoms with Crippen LogP contribution in [0.4, 0.5) is 4.79 Å². The smallest absolute Gasteiger partial charge is 0.317 e. The number of urea groups is 1. The Labute approximate surface area is 135 Å². The summed E-state index contributed by atoms with van der Waals surface area (Å²) in [5.41, 5.74) is 2.00. The van der Waals surface area contributed by atoms with Crippen molar-refractivity contribution < 1.29 is 19.1 Å². The van der Waals surface area contributed by atoms with Gasteiger partial charge in [-0.15, -0.1) is 0 Å². The van der Waals surface area contributed by atoms with Gasteiger partial charge in [-0.3, -0.25) is 0 Å². The number of nitrogens with one attached hydrogen (secondary N) is 1. The molecule has 0 radical (unpaired) electrons. The third kappa shape index (κ3) is 3.33. The van der Waals surface area contributed by atoms with Crippen LogP contribution in [0, 0.1) is 6.92 Å². The lowest BCUT2D eigenvalue weighted by molar-refractivity contribution is -0.00754. The molecule has 124 valence electrons. The van der Waals surface area contributed by atoms with Crippen LogP contribution in [-0.4, -0.2) is 55.0 Å². The molecule has 1 fully saturated rings. The Balaban J connectivity index is 1.60. The van der Waals surface area contributed by atoms with Crippen molar-refractivity contribution in [2.45, 2.75) is 19.4 Å². The number of carbonyl (C=O) groups is 1. The van der Waals surface area contributed by atoms with E-state index in [0.29, 0.717) is 32.7 Å². The van der Waals surface area contributed by atoms with Gasteiger partial charge in [0.05, 0.1) is 25.9 Å². The van der Waals surface area contributed by atoms with E-state index in [4.69, 9.17) is 9.15 Å². The van der Waals surface area contributed by atoms with Gasteiger partial charge in [0.15, 0.2) is 0 Å². The Bertz CT molecular complexity index is 682. The van der Waals surface area contributed by atoms with Gasteiger partial charge in [-0.2, -0.15) is 0 Å². The first-order valence-electron chi connectivity index (χ1n) is 7.90. The summed E-state index contributed by atoms with van der Waals surface area (Å²) in [6, 6.07) is 7.50. The van der Waals surface area contributed by atoms with Crippen molar-refractivity contribution in [2.75, 3.05) is 32.9 Å². The number of aliphatic hydroxyl groups is 1. The minimum absolute atomic E-state index is 0.0844. The highest BCUT2D eigenvalue weighted by Crippen LogP contribution is 2.25. The Morgan fingerprint density at radius 1 is 1.43 bits per heavy atom. The fraction of sp³-hybridized carbons (Fsp3) is 0.471. The molecule has 0 bridgehead atoms. The molecule has 1 aliphatic heterocycles. The Morgan fingerprint density at radius 3 is 3.09 bits per heavy atom. The molecule has 1 aromatic heterocycles. The molecule has 2 N–H and O–H groups in total. The first-order valence-corrected chi connectivity index (χ1v) is 7.90. The van der Waals surface area contributed by atoms with Gasteiger partial charge >= 0.3 is 6.03 Å². The quantitative estimate of drug-likeness (QED) is 0.899. The van der Waals surface area contributed by atoms with E-state index in [1.54, 1.807) is 4.90 Å². The number of aliphatic hydroxyl groups excluding tert-OH is 1. The van der Waals surface area contributed by atoms with Gasteiger partial charge in [0, 0.05) is 24.0 Å². The second kappa shape index (κ2) is 7.02. The van der Waals surface area contributed by atoms with Crippen molar-refractivity contribution in [3.8, 4) is 0 Å². The zero-order valence-electron chi connectivity index (χ0n) is 13.2. The summed E-state index contributed by atoms with van der Waals surface area (Å²) in [6.07, 6.45) is 0.711. The summed E-state index contributed by atoms with van der Waals surface area (Å²) in [5, 5.41) is 13.3. The van der Waals surface area contributed by atoms with Crippen LogP contribution in [0.2, 0.25) is 0 Å². The average Bonchev–Trinajstić information content (AvgIpc) is 2.90. The minimum Gasteiger partial charge on any atom is -0.461 e. The summed E-state index contributed by atoms with van der Waals surface area (Å²) in [4.78, 5) is 13.9. The number of hydrogen-bond acceptors (Lipinski definition) is 4. The lowest BCUT2D eigenvalue weighted by Gasteiger charge is -2.34. The summed E-state index contributed by atoms with van der Waals surface area (Å²) >= 11 is 0. The van der Waals surface area contributed by atoms with Crippen LogP contribution in [0.25, 0.3) is 11.0 Å². The second-order valence-electron chi connectivity index (χ2n) is 5.72. The van der Waals surface area contributed by atoms with Gasteiger partial charge in [0.25, 0.3) is 0 Å². The Hall–Kier alpha value is -2.05. The number of hydrogen-bond donors (Lipinski definition) is 2. The van der Waals surface area contributed by atoms with E-state index >= 15 is 0 Å². The molecule has 1 aliphatic rings. The highest BCUT2D eigenvalue weighted by atomic mass is 16.5. The lowest BCUT2D eigenvalue weighted by Crippen LogP contribution is -2.54. The highest BCUT2D eigenvalue weighted by Gasteiger charge is 2.26. The van der Waals surface area contributed by atoms with Crippen molar-refractivity contribution in [2.24, 2.45) is 0 Å². The number of carbonyl (C=O) groups excluding carboxylic acids is 1. The number of furan rings is 1. The maximum Gasteiger partial charge on any atom is 0.317 e. The molecule has 1 saturated heterocycles. The molecular weight excluding hydrogens is 296 g/mol. The number of ether oxygens (including phenoxy) is 1. The predicted molar refractivity (Wildman–Crippen MR) is 86.5 cm³/mol. The second-order valence-corrected chi connectivity index (χ2v) is 5.72. The SMILES string of the molecule is Cc1oc2ccccc2c1CCNC(=O)N1CCOC[C@H]1CO. The molecule has 0 saturated carbocycles. The highest BCUT2D eigenvalue weighted by molar-refractivity contribution is 5.82. The number of nitrogens with zero attached hydrogens (tertiary/aromatic N) is 1. The van der Waals surface area contributed by atoms with Crippen molar-refractivity contribution in [3.05, 3.63) is 35.6 Å². The number of benzene rings is 1. The van der Waals surface area contributed by atoms with Crippen molar-refractivity contribution >= 4 is 17.0 Å². The molecule has 0 unspecified atom stereocenters. The first kappa shape index (κ1) is 15.8. The molecule has 23 heavy (non-hydrogen) atoms. The van der Waals surface area contributed by atoms with Crippen LogP contribution >= 0.6 is 0 Å². The Morgan fingerprint density at radius 2 is 2.26 bits per heavy atom. The average molecular weight is 318 g/mol. The zero-order chi connectivity index (χ0) is 16.2. The maximum atomic E-state index is 12.3.